The van der Waals surface area contributed by atoms with Gasteiger partial charge >= 0.3 is 5.97 Å². The summed E-state index contributed by atoms with van der Waals surface area (Å²) in [6, 6.07) is 6.07. The third-order valence-corrected chi connectivity index (χ3v) is 11.4. The van der Waals surface area contributed by atoms with Crippen molar-refractivity contribution in [3.8, 4) is 0 Å². The Morgan fingerprint density at radius 1 is 0.875 bits per heavy atom. The van der Waals surface area contributed by atoms with Gasteiger partial charge in [0.2, 0.25) is 11.8 Å². The Balaban J connectivity index is 1.80. The van der Waals surface area contributed by atoms with Crippen molar-refractivity contribution in [1.82, 2.24) is 35.5 Å². The molecule has 0 saturated heterocycles. The van der Waals surface area contributed by atoms with E-state index in [-0.39, 0.29) is 47.8 Å². The van der Waals surface area contributed by atoms with Crippen LogP contribution in [0, 0.1) is 13.8 Å². The van der Waals surface area contributed by atoms with Gasteiger partial charge in [-0.3, -0.25) is 14.6 Å². The highest BCUT2D eigenvalue weighted by Crippen LogP contribution is 2.43. The Morgan fingerprint density at radius 2 is 1.55 bits per heavy atom. The summed E-state index contributed by atoms with van der Waals surface area (Å²) >= 11 is 0. The van der Waals surface area contributed by atoms with E-state index in [1.807, 2.05) is 26.2 Å². The molecule has 3 aromatic rings. The lowest BCUT2D eigenvalue weighted by Crippen LogP contribution is -2.28. The molecule has 3 aromatic heterocycles. The minimum Gasteiger partial charge on any atom is -0.478 e. The van der Waals surface area contributed by atoms with Gasteiger partial charge in [0, 0.05) is 70.2 Å². The first-order valence-corrected chi connectivity index (χ1v) is 20.3. The van der Waals surface area contributed by atoms with Crippen LogP contribution < -0.4 is 10.6 Å². The van der Waals surface area contributed by atoms with Gasteiger partial charge in [0.05, 0.1) is 29.1 Å². The van der Waals surface area contributed by atoms with Crippen LogP contribution >= 0.6 is 0 Å². The van der Waals surface area contributed by atoms with Crippen LogP contribution in [0.4, 0.5) is 0 Å². The number of aromatic nitrogens is 4. The van der Waals surface area contributed by atoms with Crippen molar-refractivity contribution in [2.75, 3.05) is 33.7 Å². The van der Waals surface area contributed by atoms with E-state index in [2.05, 4.69) is 78.8 Å². The van der Waals surface area contributed by atoms with Crippen LogP contribution in [0.3, 0.4) is 0 Å². The van der Waals surface area contributed by atoms with Crippen molar-refractivity contribution in [1.29, 1.82) is 0 Å². The molecule has 0 fully saturated rings. The molecule has 0 aromatic carbocycles. The number of aryl methyl sites for hydroxylation is 3. The third kappa shape index (κ3) is 9.32. The number of nitrogens with one attached hydrogen (secondary N) is 4. The number of fused-ring (bicyclic) bond motifs is 8. The molecular formula is C45H61N7O4. The first kappa shape index (κ1) is 42.1. The average Bonchev–Trinajstić information content (AvgIpc) is 3.84. The molecule has 0 spiro atoms. The zero-order chi connectivity index (χ0) is 40.7. The normalized spacial score (nSPS) is 15.4. The minimum absolute atomic E-state index is 0.0333. The Kier molecular flexibility index (Phi) is 14.1. The maximum atomic E-state index is 13.9. The number of rotatable bonds is 17. The summed E-state index contributed by atoms with van der Waals surface area (Å²) in [7, 11) is 4.05. The number of carbonyl (C=O) groups is 3. The molecule has 2 atom stereocenters. The highest BCUT2D eigenvalue weighted by atomic mass is 16.4. The lowest BCUT2D eigenvalue weighted by molar-refractivity contribution is -0.130. The number of H-pyrrole nitrogens is 2. The summed E-state index contributed by atoms with van der Waals surface area (Å²) in [5.74, 6) is -1.79. The number of hydrogen-bond acceptors (Lipinski definition) is 6. The van der Waals surface area contributed by atoms with Gasteiger partial charge < -0.3 is 30.6 Å². The number of nitrogens with zero attached hydrogens (tertiary/aromatic N) is 3. The number of unbranched alkanes of at least 4 members (excludes halogenated alkanes) is 3. The number of aromatic amines is 2. The topological polar surface area (TPSA) is 156 Å². The Hall–Kier alpha value is -5.03. The van der Waals surface area contributed by atoms with E-state index in [4.69, 9.17) is 9.97 Å². The smallest absolute Gasteiger partial charge is 0.338 e. The zero-order valence-electron chi connectivity index (χ0n) is 34.7. The quantitative estimate of drug-likeness (QED) is 0.0870. The highest BCUT2D eigenvalue weighted by Gasteiger charge is 2.35. The van der Waals surface area contributed by atoms with Crippen molar-refractivity contribution in [3.63, 3.8) is 0 Å². The van der Waals surface area contributed by atoms with E-state index in [1.54, 1.807) is 6.92 Å². The molecule has 2 aliphatic rings. The fraction of sp³-hybridized carbons (Fsp3) is 0.489. The number of hydrogen-bond donors (Lipinski definition) is 5. The molecule has 5 rings (SSSR count). The van der Waals surface area contributed by atoms with Crippen LogP contribution in [0.5, 0.6) is 0 Å². The summed E-state index contributed by atoms with van der Waals surface area (Å²) in [5.41, 5.74) is 11.0. The molecule has 2 aliphatic heterocycles. The minimum atomic E-state index is -1.12. The van der Waals surface area contributed by atoms with Crippen LogP contribution in [-0.2, 0) is 27.2 Å². The summed E-state index contributed by atoms with van der Waals surface area (Å²) in [5, 5.41) is 16.9. The standard InChI is InChI=1S/C45H61N7O4/c1-10-13-14-19-46-40(53)18-17-32-28(6)36-23-34-26(4)30(11-2)38(48-34)24-35-27(5)31(12-3)39(49-35)25-37-29(7)42(45(55)56)44(51-37)33(43(32)50-36)22-41(54)47-20-15-16-21-52(8)9/h11,23-25,28,32,48-49H,2,10,12-22H2,1,3-9H3,(H,46,53)(H,47,54)(H,55,56)/t28-,32-/m0/s1. The maximum absolute atomic E-state index is 13.9. The second-order valence-corrected chi connectivity index (χ2v) is 15.6. The molecule has 8 bridgehead atoms. The molecule has 2 amide bonds. The molecule has 300 valence electrons. The number of carbonyl (C=O) groups excluding carboxylic acids is 2. The number of aliphatic carboxylic acids is 1. The number of carboxylic acid groups (broad SMARTS) is 1. The van der Waals surface area contributed by atoms with E-state index in [1.165, 1.54) is 0 Å². The molecule has 0 unspecified atom stereocenters. The first-order chi connectivity index (χ1) is 26.8. The number of carboxylic acids is 1. The first-order valence-electron chi connectivity index (χ1n) is 20.3. The SMILES string of the molecule is C=Cc1c(C)c2cc3nc(c(CC(=O)NCCCCN(C)C)c4nc(cc5[nH]c(cc1[nH]2)c(C)c5CC)C(C)=C4C(=O)O)[C@@H](CCC(=O)NCCCCC)[C@@H]3C. The van der Waals surface area contributed by atoms with Gasteiger partial charge in [0.1, 0.15) is 0 Å². The molecule has 0 saturated carbocycles. The predicted octanol–water partition coefficient (Wildman–Crippen LogP) is 8.13. The van der Waals surface area contributed by atoms with Gasteiger partial charge in [-0.15, -0.1) is 0 Å². The predicted molar refractivity (Wildman–Crippen MR) is 227 cm³/mol. The maximum Gasteiger partial charge on any atom is 0.338 e. The van der Waals surface area contributed by atoms with Gasteiger partial charge in [-0.2, -0.15) is 0 Å². The Bertz CT molecular complexity index is 2170. The summed E-state index contributed by atoms with van der Waals surface area (Å²) in [6.45, 7) is 18.4. The van der Waals surface area contributed by atoms with Crippen LogP contribution in [0.2, 0.25) is 0 Å². The Morgan fingerprint density at radius 3 is 2.21 bits per heavy atom. The molecule has 5 heterocycles. The van der Waals surface area contributed by atoms with Crippen molar-refractivity contribution in [3.05, 3.63) is 75.4 Å². The largest absolute Gasteiger partial charge is 0.478 e. The average molecular weight is 764 g/mol. The monoisotopic (exact) mass is 763 g/mol. The molecule has 11 nitrogen and oxygen atoms in total. The molecule has 0 aliphatic carbocycles. The number of allylic oxidation sites excluding steroid dienone is 1. The fourth-order valence-electron chi connectivity index (χ4n) is 8.08. The fourth-order valence-corrected chi connectivity index (χ4v) is 8.08. The highest BCUT2D eigenvalue weighted by molar-refractivity contribution is 6.24. The van der Waals surface area contributed by atoms with E-state index in [9.17, 15) is 19.5 Å². The van der Waals surface area contributed by atoms with Gasteiger partial charge in [-0.1, -0.05) is 46.3 Å². The van der Waals surface area contributed by atoms with Gasteiger partial charge in [-0.05, 0) is 114 Å². The van der Waals surface area contributed by atoms with Crippen molar-refractivity contribution < 1.29 is 19.5 Å². The van der Waals surface area contributed by atoms with Crippen LogP contribution in [0.15, 0.2) is 24.8 Å². The van der Waals surface area contributed by atoms with Gasteiger partial charge in [0.25, 0.3) is 0 Å². The molecule has 0 radical (unpaired) electrons. The van der Waals surface area contributed by atoms with Gasteiger partial charge in [0.15, 0.2) is 0 Å². The second-order valence-electron chi connectivity index (χ2n) is 15.6. The van der Waals surface area contributed by atoms with Crippen molar-refractivity contribution in [2.45, 2.75) is 111 Å². The summed E-state index contributed by atoms with van der Waals surface area (Å²) < 4.78 is 0. The number of amides is 2. The summed E-state index contributed by atoms with van der Waals surface area (Å²) in [4.78, 5) is 59.9. The van der Waals surface area contributed by atoms with Crippen LogP contribution in [-0.4, -0.2) is 81.5 Å². The van der Waals surface area contributed by atoms with E-state index in [0.717, 1.165) is 95.1 Å². The third-order valence-electron chi connectivity index (χ3n) is 11.4. The lowest BCUT2D eigenvalue weighted by atomic mass is 9.84. The van der Waals surface area contributed by atoms with E-state index in [0.29, 0.717) is 42.0 Å². The second kappa shape index (κ2) is 18.7. The van der Waals surface area contributed by atoms with Crippen LogP contribution in [0.25, 0.3) is 39.3 Å². The lowest BCUT2D eigenvalue weighted by Gasteiger charge is -2.19. The van der Waals surface area contributed by atoms with Gasteiger partial charge in [-0.25, -0.2) is 9.78 Å². The summed E-state index contributed by atoms with van der Waals surface area (Å²) in [6.07, 6.45) is 8.05. The van der Waals surface area contributed by atoms with Crippen LogP contribution in [0.1, 0.15) is 135 Å². The molecule has 11 heteroatoms. The Labute approximate surface area is 331 Å². The van der Waals surface area contributed by atoms with E-state index >= 15 is 0 Å². The molecule has 56 heavy (non-hydrogen) atoms. The van der Waals surface area contributed by atoms with E-state index < -0.39 is 5.97 Å². The zero-order valence-corrected chi connectivity index (χ0v) is 34.7. The molecular weight excluding hydrogens is 703 g/mol. The van der Waals surface area contributed by atoms with Crippen molar-refractivity contribution >= 4 is 57.1 Å². The van der Waals surface area contributed by atoms with Crippen molar-refractivity contribution in [2.24, 2.45) is 0 Å². The molecule has 5 N–H and O–H groups in total.